The fourth-order valence-corrected chi connectivity index (χ4v) is 3.29. The van der Waals surface area contributed by atoms with E-state index >= 15 is 0 Å². The van der Waals surface area contributed by atoms with Crippen LogP contribution in [0, 0.1) is 11.6 Å². The Balaban J connectivity index is 2.07. The molecule has 0 amide bonds. The minimum Gasteiger partial charge on any atom is -0.496 e. The average Bonchev–Trinajstić information content (AvgIpc) is 2.89. The van der Waals surface area contributed by atoms with E-state index in [-0.39, 0.29) is 5.82 Å². The second-order valence-corrected chi connectivity index (χ2v) is 5.74. The summed E-state index contributed by atoms with van der Waals surface area (Å²) < 4.78 is 32.6. The van der Waals surface area contributed by atoms with Crippen LogP contribution >= 0.6 is 11.3 Å². The molecule has 1 unspecified atom stereocenters. The lowest BCUT2D eigenvalue weighted by Crippen LogP contribution is -2.01. The Bertz CT molecular complexity index is 798. The maximum atomic E-state index is 13.4. The Labute approximate surface area is 124 Å². The predicted molar refractivity (Wildman–Crippen MR) is 78.8 cm³/mol. The molecule has 0 aliphatic carbocycles. The molecule has 1 aromatic heterocycles. The van der Waals surface area contributed by atoms with Crippen LogP contribution in [-0.2, 0) is 0 Å². The molecule has 2 nitrogen and oxygen atoms in total. The molecule has 1 heterocycles. The van der Waals surface area contributed by atoms with Crippen LogP contribution in [0.1, 0.15) is 16.5 Å². The number of hydrogen-bond acceptors (Lipinski definition) is 3. The van der Waals surface area contributed by atoms with Gasteiger partial charge in [-0.3, -0.25) is 0 Å². The second kappa shape index (κ2) is 5.42. The average molecular weight is 306 g/mol. The van der Waals surface area contributed by atoms with Gasteiger partial charge in [-0.15, -0.1) is 11.3 Å². The highest BCUT2D eigenvalue weighted by Gasteiger charge is 2.19. The molecule has 0 bridgehead atoms. The molecule has 108 valence electrons. The summed E-state index contributed by atoms with van der Waals surface area (Å²) in [5.41, 5.74) is 0.351. The van der Waals surface area contributed by atoms with Crippen molar-refractivity contribution in [2.45, 2.75) is 6.10 Å². The highest BCUT2D eigenvalue weighted by molar-refractivity contribution is 7.19. The molecule has 3 rings (SSSR count). The molecule has 1 atom stereocenters. The molecule has 5 heteroatoms. The minimum atomic E-state index is -1.02. The first-order valence-corrected chi connectivity index (χ1v) is 7.10. The number of benzene rings is 2. The Morgan fingerprint density at radius 2 is 1.76 bits per heavy atom. The SMILES string of the molecule is COc1ccc(F)cc1C(O)c1cc2cc(F)ccc2s1. The summed E-state index contributed by atoms with van der Waals surface area (Å²) in [6, 6.07) is 10.1. The van der Waals surface area contributed by atoms with E-state index in [4.69, 9.17) is 4.74 Å². The maximum Gasteiger partial charge on any atom is 0.125 e. The molecule has 21 heavy (non-hydrogen) atoms. The van der Waals surface area contributed by atoms with Crippen LogP contribution in [0.5, 0.6) is 5.75 Å². The fourth-order valence-electron chi connectivity index (χ4n) is 2.24. The fraction of sp³-hybridized carbons (Fsp3) is 0.125. The van der Waals surface area contributed by atoms with Crippen LogP contribution in [0.25, 0.3) is 10.1 Å². The summed E-state index contributed by atoms with van der Waals surface area (Å²) >= 11 is 1.34. The van der Waals surface area contributed by atoms with Crippen LogP contribution in [0.4, 0.5) is 8.78 Å². The van der Waals surface area contributed by atoms with Crippen molar-refractivity contribution in [2.24, 2.45) is 0 Å². The van der Waals surface area contributed by atoms with Gasteiger partial charge in [-0.2, -0.15) is 0 Å². The van der Waals surface area contributed by atoms with E-state index in [1.165, 1.54) is 48.8 Å². The summed E-state index contributed by atoms with van der Waals surface area (Å²) in [7, 11) is 1.46. The van der Waals surface area contributed by atoms with Crippen molar-refractivity contribution in [3.63, 3.8) is 0 Å². The standard InChI is InChI=1S/C16H12F2O2S/c1-20-13-4-2-11(18)8-12(13)16(19)15-7-9-6-10(17)3-5-14(9)21-15/h2-8,16,19H,1H3. The molecule has 0 fully saturated rings. The number of methoxy groups -OCH3 is 1. The van der Waals surface area contributed by atoms with Crippen molar-refractivity contribution in [1.82, 2.24) is 0 Å². The van der Waals surface area contributed by atoms with Crippen LogP contribution in [0.3, 0.4) is 0 Å². The molecule has 1 N–H and O–H groups in total. The third-order valence-electron chi connectivity index (χ3n) is 3.25. The second-order valence-electron chi connectivity index (χ2n) is 4.62. The van der Waals surface area contributed by atoms with E-state index in [1.807, 2.05) is 0 Å². The lowest BCUT2D eigenvalue weighted by molar-refractivity contribution is 0.218. The van der Waals surface area contributed by atoms with Gasteiger partial charge in [0.25, 0.3) is 0 Å². The Morgan fingerprint density at radius 1 is 1.05 bits per heavy atom. The highest BCUT2D eigenvalue weighted by atomic mass is 32.1. The summed E-state index contributed by atoms with van der Waals surface area (Å²) in [6.45, 7) is 0. The first-order chi connectivity index (χ1) is 10.1. The Morgan fingerprint density at radius 3 is 2.52 bits per heavy atom. The Hall–Kier alpha value is -1.98. The first kappa shape index (κ1) is 14.0. The molecule has 0 saturated carbocycles. The lowest BCUT2D eigenvalue weighted by atomic mass is 10.1. The minimum absolute atomic E-state index is 0.329. The third-order valence-corrected chi connectivity index (χ3v) is 4.42. The normalized spacial score (nSPS) is 12.6. The largest absolute Gasteiger partial charge is 0.496 e. The zero-order valence-electron chi connectivity index (χ0n) is 11.1. The number of aliphatic hydroxyl groups excluding tert-OH is 1. The number of rotatable bonds is 3. The van der Waals surface area contributed by atoms with Crippen molar-refractivity contribution in [3.8, 4) is 5.75 Å². The lowest BCUT2D eigenvalue weighted by Gasteiger charge is -2.13. The molecule has 0 radical (unpaired) electrons. The zero-order valence-corrected chi connectivity index (χ0v) is 12.0. The summed E-state index contributed by atoms with van der Waals surface area (Å²) in [5, 5.41) is 11.2. The van der Waals surface area contributed by atoms with Gasteiger partial charge in [-0.25, -0.2) is 8.78 Å². The van der Waals surface area contributed by atoms with Gasteiger partial charge in [-0.1, -0.05) is 0 Å². The van der Waals surface area contributed by atoms with Crippen LogP contribution in [-0.4, -0.2) is 12.2 Å². The van der Waals surface area contributed by atoms with E-state index in [0.717, 1.165) is 4.70 Å². The van der Waals surface area contributed by atoms with E-state index in [2.05, 4.69) is 0 Å². The summed E-state index contributed by atoms with van der Waals surface area (Å²) in [5.74, 6) is -0.366. The zero-order chi connectivity index (χ0) is 15.0. The van der Waals surface area contributed by atoms with Crippen LogP contribution in [0.15, 0.2) is 42.5 Å². The van der Waals surface area contributed by atoms with E-state index < -0.39 is 11.9 Å². The van der Waals surface area contributed by atoms with Gasteiger partial charge in [0.1, 0.15) is 23.5 Å². The Kier molecular flexibility index (Phi) is 3.61. The number of ether oxygens (including phenoxy) is 1. The first-order valence-electron chi connectivity index (χ1n) is 6.29. The molecule has 2 aromatic carbocycles. The molecule has 0 saturated heterocycles. The molecule has 0 aliphatic heterocycles. The smallest absolute Gasteiger partial charge is 0.125 e. The van der Waals surface area contributed by atoms with Gasteiger partial charge >= 0.3 is 0 Å². The van der Waals surface area contributed by atoms with Crippen molar-refractivity contribution < 1.29 is 18.6 Å². The number of thiophene rings is 1. The van der Waals surface area contributed by atoms with Crippen LogP contribution < -0.4 is 4.74 Å². The monoisotopic (exact) mass is 306 g/mol. The van der Waals surface area contributed by atoms with E-state index in [9.17, 15) is 13.9 Å². The van der Waals surface area contributed by atoms with Crippen molar-refractivity contribution >= 4 is 21.4 Å². The number of hydrogen-bond donors (Lipinski definition) is 1. The summed E-state index contributed by atoms with van der Waals surface area (Å²) in [4.78, 5) is 0.611. The van der Waals surface area contributed by atoms with Gasteiger partial charge < -0.3 is 9.84 Å². The number of halogens is 2. The van der Waals surface area contributed by atoms with Gasteiger partial charge in [0.2, 0.25) is 0 Å². The van der Waals surface area contributed by atoms with Crippen LogP contribution in [0.2, 0.25) is 0 Å². The van der Waals surface area contributed by atoms with Gasteiger partial charge in [0.15, 0.2) is 0 Å². The van der Waals surface area contributed by atoms with Gasteiger partial charge in [0, 0.05) is 15.1 Å². The topological polar surface area (TPSA) is 29.5 Å². The third kappa shape index (κ3) is 2.62. The highest BCUT2D eigenvalue weighted by Crippen LogP contribution is 2.36. The van der Waals surface area contributed by atoms with E-state index in [1.54, 1.807) is 12.1 Å². The molecule has 0 spiro atoms. The number of fused-ring (bicyclic) bond motifs is 1. The van der Waals surface area contributed by atoms with E-state index in [0.29, 0.717) is 21.6 Å². The van der Waals surface area contributed by atoms with Gasteiger partial charge in [-0.05, 0) is 47.9 Å². The molecule has 0 aliphatic rings. The maximum absolute atomic E-state index is 13.4. The molecular formula is C16H12F2O2S. The van der Waals surface area contributed by atoms with Crippen molar-refractivity contribution in [3.05, 3.63) is 64.5 Å². The molecule has 3 aromatic rings. The number of aliphatic hydroxyl groups is 1. The van der Waals surface area contributed by atoms with Crippen molar-refractivity contribution in [2.75, 3.05) is 7.11 Å². The quantitative estimate of drug-likeness (QED) is 0.783. The summed E-state index contributed by atoms with van der Waals surface area (Å²) in [6.07, 6.45) is -1.02. The van der Waals surface area contributed by atoms with Gasteiger partial charge in [0.05, 0.1) is 7.11 Å². The molecular weight excluding hydrogens is 294 g/mol. The van der Waals surface area contributed by atoms with Crippen molar-refractivity contribution in [1.29, 1.82) is 0 Å². The predicted octanol–water partition coefficient (Wildman–Crippen LogP) is 4.27.